The number of hydrogen-bond acceptors (Lipinski definition) is 3. The molecule has 104 valence electrons. The third-order valence-corrected chi connectivity index (χ3v) is 4.56. The Balaban J connectivity index is 2.57. The topological polar surface area (TPSA) is 35.5 Å². The molecule has 1 atom stereocenters. The van der Waals surface area contributed by atoms with E-state index < -0.39 is 0 Å². The van der Waals surface area contributed by atoms with Crippen LogP contribution in [0.5, 0.6) is 0 Å². The van der Waals surface area contributed by atoms with E-state index in [1.54, 1.807) is 0 Å². The first kappa shape index (κ1) is 15.6. The molecular formula is C14H27BO3. The van der Waals surface area contributed by atoms with Crippen LogP contribution >= 0.6 is 0 Å². The highest BCUT2D eigenvalue weighted by Gasteiger charge is 2.46. The molecule has 0 spiro atoms. The van der Waals surface area contributed by atoms with Gasteiger partial charge in [-0.25, -0.2) is 0 Å². The fraction of sp³-hybridized carbons (Fsp3) is 0.929. The van der Waals surface area contributed by atoms with Crippen LogP contribution in [0.25, 0.3) is 0 Å². The van der Waals surface area contributed by atoms with Crippen LogP contribution in [0.1, 0.15) is 54.4 Å². The highest BCUT2D eigenvalue weighted by molar-refractivity contribution is 6.54. The van der Waals surface area contributed by atoms with Gasteiger partial charge in [0.25, 0.3) is 6.92 Å². The summed E-state index contributed by atoms with van der Waals surface area (Å²) >= 11 is 0. The molecule has 0 aromatic heterocycles. The van der Waals surface area contributed by atoms with Crippen LogP contribution in [0.15, 0.2) is 0 Å². The molecule has 1 fully saturated rings. The summed E-state index contributed by atoms with van der Waals surface area (Å²) in [7, 11) is 0. The van der Waals surface area contributed by atoms with Crippen molar-refractivity contribution in [2.75, 3.05) is 6.61 Å². The first-order valence-corrected chi connectivity index (χ1v) is 7.03. The number of carbonyl (C=O) groups is 1. The highest BCUT2D eigenvalue weighted by atomic mass is 16.5. The largest absolute Gasteiger partial charge is 0.466 e. The zero-order valence-electron chi connectivity index (χ0n) is 12.7. The number of carbonyl (C=O) groups excluding carboxylic acids is 1. The Hall–Kier alpha value is -0.505. The van der Waals surface area contributed by atoms with E-state index >= 15 is 0 Å². The van der Waals surface area contributed by atoms with Gasteiger partial charge in [0.1, 0.15) is 0 Å². The van der Waals surface area contributed by atoms with Gasteiger partial charge >= 0.3 is 5.97 Å². The molecule has 0 radical (unpaired) electrons. The molecule has 0 amide bonds. The number of hydrogen-bond donors (Lipinski definition) is 0. The predicted molar refractivity (Wildman–Crippen MR) is 74.8 cm³/mol. The number of rotatable bonds is 4. The van der Waals surface area contributed by atoms with Gasteiger partial charge in [0.05, 0.1) is 12.2 Å². The average molecular weight is 254 g/mol. The zero-order chi connectivity index (χ0) is 14.0. The maximum absolute atomic E-state index is 11.5. The molecule has 1 aliphatic heterocycles. The van der Waals surface area contributed by atoms with Gasteiger partial charge in [-0.1, -0.05) is 20.8 Å². The van der Waals surface area contributed by atoms with Crippen LogP contribution in [0.2, 0.25) is 12.1 Å². The minimum atomic E-state index is -0.140. The lowest BCUT2D eigenvalue weighted by Gasteiger charge is -2.49. The zero-order valence-corrected chi connectivity index (χ0v) is 12.7. The second-order valence-corrected chi connectivity index (χ2v) is 6.58. The third kappa shape index (κ3) is 3.50. The van der Waals surface area contributed by atoms with Crippen molar-refractivity contribution in [3.8, 4) is 0 Å². The molecule has 4 heteroatoms. The summed E-state index contributed by atoms with van der Waals surface area (Å²) in [5, 5.41) is 0. The van der Waals surface area contributed by atoms with Crippen molar-refractivity contribution >= 4 is 12.9 Å². The molecule has 1 heterocycles. The quantitative estimate of drug-likeness (QED) is 0.568. The monoisotopic (exact) mass is 254 g/mol. The second-order valence-electron chi connectivity index (χ2n) is 6.58. The van der Waals surface area contributed by atoms with Crippen molar-refractivity contribution < 1.29 is 14.2 Å². The summed E-state index contributed by atoms with van der Waals surface area (Å²) in [5.74, 6) is 0.107. The summed E-state index contributed by atoms with van der Waals surface area (Å²) in [5.41, 5.74) is 0.0476. The van der Waals surface area contributed by atoms with Crippen molar-refractivity contribution in [3.63, 3.8) is 0 Å². The van der Waals surface area contributed by atoms with Crippen LogP contribution in [0.4, 0.5) is 0 Å². The van der Waals surface area contributed by atoms with Gasteiger partial charge in [-0.2, -0.15) is 0 Å². The van der Waals surface area contributed by atoms with Crippen molar-refractivity contribution in [2.24, 2.45) is 5.41 Å². The van der Waals surface area contributed by atoms with E-state index in [1.165, 1.54) is 0 Å². The van der Waals surface area contributed by atoms with E-state index in [0.29, 0.717) is 13.0 Å². The molecular weight excluding hydrogens is 227 g/mol. The standard InChI is InChI=1S/C14H27BO3/c1-7-17-12(16)10-11(2)15-9-8-13(3,4)14(5,6)18-15/h11H,7-10H2,1-6H3. The van der Waals surface area contributed by atoms with Gasteiger partial charge in [-0.3, -0.25) is 4.79 Å². The van der Waals surface area contributed by atoms with E-state index in [2.05, 4.69) is 34.6 Å². The van der Waals surface area contributed by atoms with Crippen LogP contribution in [0.3, 0.4) is 0 Å². The summed E-state index contributed by atoms with van der Waals surface area (Å²) in [6.07, 6.45) is 2.61. The predicted octanol–water partition coefficient (Wildman–Crippen LogP) is 3.55. The summed E-state index contributed by atoms with van der Waals surface area (Å²) in [4.78, 5) is 11.5. The van der Waals surface area contributed by atoms with Crippen LogP contribution in [0, 0.1) is 5.41 Å². The summed E-state index contributed by atoms with van der Waals surface area (Å²) < 4.78 is 11.2. The molecule has 1 saturated heterocycles. The second kappa shape index (κ2) is 5.64. The fourth-order valence-electron chi connectivity index (χ4n) is 2.42. The Labute approximate surface area is 112 Å². The van der Waals surface area contributed by atoms with Gasteiger partial charge < -0.3 is 9.39 Å². The molecule has 0 bridgehead atoms. The van der Waals surface area contributed by atoms with Crippen molar-refractivity contribution in [3.05, 3.63) is 0 Å². The normalized spacial score (nSPS) is 23.6. The Bertz CT molecular complexity index is 299. The van der Waals surface area contributed by atoms with Gasteiger partial charge in [-0.05, 0) is 44.7 Å². The Morgan fingerprint density at radius 2 is 2.00 bits per heavy atom. The van der Waals surface area contributed by atoms with E-state index in [9.17, 15) is 4.79 Å². The lowest BCUT2D eigenvalue weighted by molar-refractivity contribution is -0.143. The third-order valence-electron chi connectivity index (χ3n) is 4.56. The minimum absolute atomic E-state index is 0.115. The van der Waals surface area contributed by atoms with Crippen LogP contribution in [-0.4, -0.2) is 25.1 Å². The van der Waals surface area contributed by atoms with E-state index in [1.807, 2.05) is 6.92 Å². The Morgan fingerprint density at radius 1 is 1.39 bits per heavy atom. The molecule has 0 aromatic carbocycles. The number of ether oxygens (including phenoxy) is 1. The highest BCUT2D eigenvalue weighted by Crippen LogP contribution is 2.45. The lowest BCUT2D eigenvalue weighted by Crippen LogP contribution is -2.51. The maximum Gasteiger partial charge on any atom is 0.305 e. The van der Waals surface area contributed by atoms with Gasteiger partial charge in [0.15, 0.2) is 0 Å². The van der Waals surface area contributed by atoms with Crippen molar-refractivity contribution in [1.29, 1.82) is 0 Å². The number of esters is 1. The maximum atomic E-state index is 11.5. The molecule has 0 aliphatic carbocycles. The van der Waals surface area contributed by atoms with Crippen molar-refractivity contribution in [2.45, 2.75) is 72.1 Å². The molecule has 0 aromatic rings. The molecule has 1 rings (SSSR count). The van der Waals surface area contributed by atoms with Gasteiger partial charge in [0, 0.05) is 6.42 Å². The first-order valence-electron chi connectivity index (χ1n) is 7.03. The molecule has 3 nitrogen and oxygen atoms in total. The first-order chi connectivity index (χ1) is 8.19. The average Bonchev–Trinajstić information content (AvgIpc) is 2.22. The minimum Gasteiger partial charge on any atom is -0.466 e. The Kier molecular flexibility index (Phi) is 4.87. The smallest absolute Gasteiger partial charge is 0.305 e. The van der Waals surface area contributed by atoms with Gasteiger partial charge in [-0.15, -0.1) is 0 Å². The fourth-order valence-corrected chi connectivity index (χ4v) is 2.42. The van der Waals surface area contributed by atoms with Crippen LogP contribution in [-0.2, 0) is 14.2 Å². The van der Waals surface area contributed by atoms with E-state index in [-0.39, 0.29) is 29.7 Å². The SMILES string of the molecule is CCOC(=O)CC(C)B1CCC(C)(C)C(C)(C)O1. The molecule has 18 heavy (non-hydrogen) atoms. The Morgan fingerprint density at radius 3 is 2.50 bits per heavy atom. The molecule has 0 N–H and O–H groups in total. The molecule has 1 aliphatic rings. The van der Waals surface area contributed by atoms with E-state index in [0.717, 1.165) is 12.7 Å². The summed E-state index contributed by atoms with van der Waals surface area (Å²) in [6.45, 7) is 13.3. The molecule has 0 saturated carbocycles. The molecule has 1 unspecified atom stereocenters. The summed E-state index contributed by atoms with van der Waals surface area (Å²) in [6, 6.07) is 0. The van der Waals surface area contributed by atoms with E-state index in [4.69, 9.17) is 9.39 Å². The van der Waals surface area contributed by atoms with Gasteiger partial charge in [0.2, 0.25) is 0 Å². The van der Waals surface area contributed by atoms with Crippen LogP contribution < -0.4 is 0 Å². The lowest BCUT2D eigenvalue weighted by atomic mass is 9.47. The van der Waals surface area contributed by atoms with Crippen molar-refractivity contribution in [1.82, 2.24) is 0 Å².